The molecule has 0 saturated heterocycles. The summed E-state index contributed by atoms with van der Waals surface area (Å²) in [5.41, 5.74) is 0. The quantitative estimate of drug-likeness (QED) is 0.0962. The summed E-state index contributed by atoms with van der Waals surface area (Å²) in [6, 6.07) is 0. The second-order valence-electron chi connectivity index (χ2n) is 7.16. The SMILES string of the molecule is CCCCCCCCC(CCCCCCCC)C(OOC)(OOC)OOC. The third-order valence-electron chi connectivity index (χ3n) is 4.91. The Morgan fingerprint density at radius 3 is 1.19 bits per heavy atom. The fraction of sp³-hybridized carbons (Fsp3) is 1.00. The van der Waals surface area contributed by atoms with Crippen molar-refractivity contribution in [2.45, 2.75) is 110 Å². The van der Waals surface area contributed by atoms with Gasteiger partial charge in [0.2, 0.25) is 0 Å². The number of hydrogen-bond acceptors (Lipinski definition) is 6. The van der Waals surface area contributed by atoms with Gasteiger partial charge in [-0.3, -0.25) is 0 Å². The summed E-state index contributed by atoms with van der Waals surface area (Å²) in [7, 11) is 4.29. The lowest BCUT2D eigenvalue weighted by atomic mass is 9.92. The third-order valence-corrected chi connectivity index (χ3v) is 4.91. The summed E-state index contributed by atoms with van der Waals surface area (Å²) in [5.74, 6) is -1.56. The summed E-state index contributed by atoms with van der Waals surface area (Å²) in [6.45, 7) is 4.47. The van der Waals surface area contributed by atoms with Crippen molar-refractivity contribution in [3.8, 4) is 0 Å². The standard InChI is InChI=1S/C21H44O6/c1-6-8-10-12-14-16-18-20(19-17-15-13-11-9-7-2)21(25-22-3,26-23-4)27-24-5/h20H,6-19H2,1-5H3. The van der Waals surface area contributed by atoms with Crippen LogP contribution in [0.4, 0.5) is 0 Å². The first-order valence-electron chi connectivity index (χ1n) is 10.9. The van der Waals surface area contributed by atoms with Crippen LogP contribution in [0.3, 0.4) is 0 Å². The van der Waals surface area contributed by atoms with Gasteiger partial charge in [0.15, 0.2) is 0 Å². The van der Waals surface area contributed by atoms with Crippen LogP contribution in [0.15, 0.2) is 0 Å². The summed E-state index contributed by atoms with van der Waals surface area (Å²) in [4.78, 5) is 30.8. The Balaban J connectivity index is 4.71. The molecule has 0 aromatic carbocycles. The summed E-state index contributed by atoms with van der Waals surface area (Å²) >= 11 is 0. The van der Waals surface area contributed by atoms with Gasteiger partial charge in [0.1, 0.15) is 0 Å². The summed E-state index contributed by atoms with van der Waals surface area (Å²) in [6.07, 6.45) is 16.6. The van der Waals surface area contributed by atoms with Crippen molar-refractivity contribution in [1.82, 2.24) is 0 Å². The average molecular weight is 393 g/mol. The first-order valence-corrected chi connectivity index (χ1v) is 10.9. The number of rotatable bonds is 21. The average Bonchev–Trinajstić information content (AvgIpc) is 2.66. The molecular formula is C21H44O6. The molecular weight excluding hydrogens is 348 g/mol. The van der Waals surface area contributed by atoms with Crippen LogP contribution in [0.25, 0.3) is 0 Å². The normalized spacial score (nSPS) is 12.2. The third kappa shape index (κ3) is 12.8. The van der Waals surface area contributed by atoms with Gasteiger partial charge in [-0.05, 0) is 12.8 Å². The van der Waals surface area contributed by atoms with Crippen molar-refractivity contribution in [3.63, 3.8) is 0 Å². The van der Waals surface area contributed by atoms with E-state index in [1.54, 1.807) is 0 Å². The van der Waals surface area contributed by atoms with E-state index in [-0.39, 0.29) is 5.92 Å². The maximum Gasteiger partial charge on any atom is 0.368 e. The van der Waals surface area contributed by atoms with E-state index in [1.165, 1.54) is 85.5 Å². The van der Waals surface area contributed by atoms with Gasteiger partial charge in [0, 0.05) is 5.92 Å². The highest BCUT2D eigenvalue weighted by atomic mass is 17.4. The molecule has 164 valence electrons. The molecule has 6 nitrogen and oxygen atoms in total. The van der Waals surface area contributed by atoms with Crippen LogP contribution < -0.4 is 0 Å². The van der Waals surface area contributed by atoms with Crippen molar-refractivity contribution in [2.75, 3.05) is 21.3 Å². The van der Waals surface area contributed by atoms with Crippen LogP contribution in [-0.2, 0) is 29.3 Å². The van der Waals surface area contributed by atoms with Crippen LogP contribution in [0.5, 0.6) is 0 Å². The molecule has 0 unspecified atom stereocenters. The Hall–Kier alpha value is -0.240. The summed E-state index contributed by atoms with van der Waals surface area (Å²) in [5, 5.41) is 0. The molecule has 0 spiro atoms. The minimum absolute atomic E-state index is 0.0466. The molecule has 0 saturated carbocycles. The molecule has 0 aliphatic carbocycles. The topological polar surface area (TPSA) is 55.4 Å². The predicted molar refractivity (Wildman–Crippen MR) is 106 cm³/mol. The first-order chi connectivity index (χ1) is 13.2. The molecule has 0 aliphatic rings. The molecule has 0 aromatic rings. The van der Waals surface area contributed by atoms with Gasteiger partial charge in [-0.25, -0.2) is 14.7 Å². The van der Waals surface area contributed by atoms with E-state index >= 15 is 0 Å². The van der Waals surface area contributed by atoms with Gasteiger partial charge in [0.05, 0.1) is 21.3 Å². The Kier molecular flexibility index (Phi) is 18.9. The fourth-order valence-electron chi connectivity index (χ4n) is 3.43. The van der Waals surface area contributed by atoms with Crippen LogP contribution in [-0.4, -0.2) is 27.3 Å². The fourth-order valence-corrected chi connectivity index (χ4v) is 3.43. The molecule has 0 heterocycles. The predicted octanol–water partition coefficient (Wildman–Crippen LogP) is 6.49. The van der Waals surface area contributed by atoms with Crippen molar-refractivity contribution in [1.29, 1.82) is 0 Å². The van der Waals surface area contributed by atoms with Gasteiger partial charge < -0.3 is 0 Å². The van der Waals surface area contributed by atoms with E-state index in [0.29, 0.717) is 0 Å². The van der Waals surface area contributed by atoms with E-state index in [4.69, 9.17) is 29.3 Å². The highest BCUT2D eigenvalue weighted by molar-refractivity contribution is 4.70. The van der Waals surface area contributed by atoms with Crippen LogP contribution in [0, 0.1) is 5.92 Å². The molecule has 0 fully saturated rings. The second kappa shape index (κ2) is 19.1. The van der Waals surface area contributed by atoms with Gasteiger partial charge in [-0.1, -0.05) is 90.9 Å². The van der Waals surface area contributed by atoms with Crippen molar-refractivity contribution >= 4 is 0 Å². The lowest BCUT2D eigenvalue weighted by molar-refractivity contribution is -0.635. The van der Waals surface area contributed by atoms with Crippen molar-refractivity contribution < 1.29 is 29.3 Å². The van der Waals surface area contributed by atoms with Crippen LogP contribution in [0.2, 0.25) is 0 Å². The van der Waals surface area contributed by atoms with Gasteiger partial charge in [-0.15, -0.1) is 0 Å². The molecule has 0 aromatic heterocycles. The zero-order valence-corrected chi connectivity index (χ0v) is 18.4. The molecule has 0 amide bonds. The number of unbranched alkanes of at least 4 members (excludes halogenated alkanes) is 10. The highest BCUT2D eigenvalue weighted by Gasteiger charge is 2.46. The van der Waals surface area contributed by atoms with Gasteiger partial charge in [-0.2, -0.15) is 14.7 Å². The minimum Gasteiger partial charge on any atom is -0.235 e. The van der Waals surface area contributed by atoms with E-state index in [0.717, 1.165) is 25.7 Å². The van der Waals surface area contributed by atoms with Gasteiger partial charge >= 0.3 is 5.97 Å². The minimum atomic E-state index is -1.51. The molecule has 27 heavy (non-hydrogen) atoms. The zero-order chi connectivity index (χ0) is 20.2. The second-order valence-corrected chi connectivity index (χ2v) is 7.16. The maximum absolute atomic E-state index is 5.37. The van der Waals surface area contributed by atoms with E-state index < -0.39 is 5.97 Å². The molecule has 6 heteroatoms. The Morgan fingerprint density at radius 2 is 0.852 bits per heavy atom. The Bertz CT molecular complexity index is 267. The molecule has 0 atom stereocenters. The molecule has 0 aliphatic heterocycles. The van der Waals surface area contributed by atoms with Crippen LogP contribution in [0.1, 0.15) is 104 Å². The van der Waals surface area contributed by atoms with Gasteiger partial charge in [0.25, 0.3) is 0 Å². The monoisotopic (exact) mass is 392 g/mol. The molecule has 0 rings (SSSR count). The Morgan fingerprint density at radius 1 is 0.519 bits per heavy atom. The maximum atomic E-state index is 5.37. The highest BCUT2D eigenvalue weighted by Crippen LogP contribution is 2.35. The zero-order valence-electron chi connectivity index (χ0n) is 18.4. The lowest BCUT2D eigenvalue weighted by Gasteiger charge is -2.34. The van der Waals surface area contributed by atoms with E-state index in [2.05, 4.69) is 13.8 Å². The number of hydrogen-bond donors (Lipinski definition) is 0. The summed E-state index contributed by atoms with van der Waals surface area (Å²) < 4.78 is 0. The van der Waals surface area contributed by atoms with E-state index in [1.807, 2.05) is 0 Å². The Labute approximate surface area is 167 Å². The first kappa shape index (κ1) is 26.8. The van der Waals surface area contributed by atoms with Crippen molar-refractivity contribution in [2.24, 2.45) is 5.92 Å². The lowest BCUT2D eigenvalue weighted by Crippen LogP contribution is -2.46. The van der Waals surface area contributed by atoms with E-state index in [9.17, 15) is 0 Å². The molecule has 0 radical (unpaired) electrons. The van der Waals surface area contributed by atoms with Crippen LogP contribution >= 0.6 is 0 Å². The largest absolute Gasteiger partial charge is 0.368 e. The van der Waals surface area contributed by atoms with Crippen molar-refractivity contribution in [3.05, 3.63) is 0 Å². The molecule has 0 bridgehead atoms. The molecule has 0 N–H and O–H groups in total. The smallest absolute Gasteiger partial charge is 0.235 e.